The largest absolute Gasteiger partial charge is 0.376 e. The molecule has 1 aliphatic rings. The Bertz CT molecular complexity index is 869. The minimum atomic E-state index is -0.578. The number of rotatable bonds is 9. The number of hydrogen-bond acceptors (Lipinski definition) is 4. The molecule has 2 amide bonds. The Kier molecular flexibility index (Phi) is 7.25. The monoisotopic (exact) mass is 406 g/mol. The van der Waals surface area contributed by atoms with Crippen LogP contribution in [0.25, 0.3) is 0 Å². The van der Waals surface area contributed by atoms with E-state index in [9.17, 15) is 9.59 Å². The summed E-state index contributed by atoms with van der Waals surface area (Å²) < 4.78 is 0. The topological polar surface area (TPSA) is 96.2 Å². The summed E-state index contributed by atoms with van der Waals surface area (Å²) in [7, 11) is 0. The summed E-state index contributed by atoms with van der Waals surface area (Å²) in [4.78, 5) is 25.1. The van der Waals surface area contributed by atoms with Crippen LogP contribution in [0, 0.1) is 0 Å². The molecule has 1 heterocycles. The molecule has 158 valence electrons. The second kappa shape index (κ2) is 10.1. The van der Waals surface area contributed by atoms with Crippen molar-refractivity contribution in [3.63, 3.8) is 0 Å². The molecular weight excluding hydrogens is 376 g/mol. The molecule has 2 aromatic carbocycles. The number of nitrogens with two attached hydrogens (primary N) is 1. The van der Waals surface area contributed by atoms with Crippen LogP contribution in [0.2, 0.25) is 0 Å². The van der Waals surface area contributed by atoms with Crippen molar-refractivity contribution in [3.8, 4) is 0 Å². The van der Waals surface area contributed by atoms with Gasteiger partial charge in [0.05, 0.1) is 0 Å². The van der Waals surface area contributed by atoms with Gasteiger partial charge in [0.1, 0.15) is 12.1 Å². The number of hydrogen-bond donors (Lipinski definition) is 4. The van der Waals surface area contributed by atoms with E-state index in [0.29, 0.717) is 25.0 Å². The molecule has 4 unspecified atom stereocenters. The molecule has 0 aliphatic carbocycles. The zero-order valence-corrected chi connectivity index (χ0v) is 17.3. The van der Waals surface area contributed by atoms with Gasteiger partial charge in [-0.3, -0.25) is 9.59 Å². The number of carbonyl (C=O) groups excluding carboxylic acids is 2. The molecule has 0 aromatic heterocycles. The summed E-state index contributed by atoms with van der Waals surface area (Å²) in [5, 5.41) is 8.94. The summed E-state index contributed by atoms with van der Waals surface area (Å²) in [6, 6.07) is 18.3. The Balaban J connectivity index is 1.67. The molecule has 0 spiro atoms. The van der Waals surface area contributed by atoms with Gasteiger partial charge in [0.15, 0.2) is 0 Å². The standard InChI is InChI=1S/C24H30N4O2/c1-16-13-21(23(29)26-16)28-24(30)22(15-19-11-7-4-8-12-19)27-17(2)20(25)14-18-9-5-3-6-10-18/h3-12,16,20-22,27H,2,13-15,25H2,1H3,(H,26,29)(H,28,30). The summed E-state index contributed by atoms with van der Waals surface area (Å²) in [5.41, 5.74) is 9.05. The number of carbonyl (C=O) groups is 2. The van der Waals surface area contributed by atoms with Crippen LogP contribution in [0.3, 0.4) is 0 Å². The van der Waals surface area contributed by atoms with E-state index in [4.69, 9.17) is 5.73 Å². The van der Waals surface area contributed by atoms with E-state index >= 15 is 0 Å². The highest BCUT2D eigenvalue weighted by Gasteiger charge is 2.32. The van der Waals surface area contributed by atoms with Crippen molar-refractivity contribution in [1.82, 2.24) is 16.0 Å². The normalized spacial score (nSPS) is 20.1. The highest BCUT2D eigenvalue weighted by Crippen LogP contribution is 2.11. The fourth-order valence-electron chi connectivity index (χ4n) is 3.64. The van der Waals surface area contributed by atoms with E-state index < -0.39 is 12.1 Å². The predicted octanol–water partition coefficient (Wildman–Crippen LogP) is 1.66. The summed E-state index contributed by atoms with van der Waals surface area (Å²) in [6.45, 7) is 6.00. The van der Waals surface area contributed by atoms with Crippen molar-refractivity contribution in [3.05, 3.63) is 84.1 Å². The van der Waals surface area contributed by atoms with Crippen molar-refractivity contribution in [2.75, 3.05) is 0 Å². The Labute approximate surface area is 177 Å². The molecule has 0 bridgehead atoms. The van der Waals surface area contributed by atoms with E-state index in [2.05, 4.69) is 22.5 Å². The van der Waals surface area contributed by atoms with Gasteiger partial charge in [0.25, 0.3) is 0 Å². The second-order valence-corrected chi connectivity index (χ2v) is 7.91. The molecule has 2 aromatic rings. The zero-order valence-electron chi connectivity index (χ0n) is 17.3. The molecule has 1 aliphatic heterocycles. The molecular formula is C24H30N4O2. The van der Waals surface area contributed by atoms with Crippen molar-refractivity contribution < 1.29 is 9.59 Å². The van der Waals surface area contributed by atoms with Gasteiger partial charge in [-0.15, -0.1) is 0 Å². The zero-order chi connectivity index (χ0) is 21.5. The molecule has 6 nitrogen and oxygen atoms in total. The number of nitrogens with one attached hydrogen (secondary N) is 3. The quantitative estimate of drug-likeness (QED) is 0.509. The number of benzene rings is 2. The Morgan fingerprint density at radius 2 is 1.67 bits per heavy atom. The van der Waals surface area contributed by atoms with E-state index in [0.717, 1.165) is 11.1 Å². The van der Waals surface area contributed by atoms with Crippen molar-refractivity contribution >= 4 is 11.8 Å². The van der Waals surface area contributed by atoms with Crippen LogP contribution in [-0.4, -0.2) is 36.0 Å². The van der Waals surface area contributed by atoms with Crippen molar-refractivity contribution in [2.45, 2.75) is 50.4 Å². The fourth-order valence-corrected chi connectivity index (χ4v) is 3.64. The smallest absolute Gasteiger partial charge is 0.243 e. The molecule has 3 rings (SSSR count). The highest BCUT2D eigenvalue weighted by atomic mass is 16.2. The van der Waals surface area contributed by atoms with E-state index in [-0.39, 0.29) is 23.9 Å². The van der Waals surface area contributed by atoms with Gasteiger partial charge in [-0.25, -0.2) is 0 Å². The third-order valence-corrected chi connectivity index (χ3v) is 5.32. The van der Waals surface area contributed by atoms with Crippen LogP contribution < -0.4 is 21.7 Å². The van der Waals surface area contributed by atoms with Crippen LogP contribution in [0.5, 0.6) is 0 Å². The minimum absolute atomic E-state index is 0.0533. The maximum Gasteiger partial charge on any atom is 0.243 e. The predicted molar refractivity (Wildman–Crippen MR) is 118 cm³/mol. The van der Waals surface area contributed by atoms with Gasteiger partial charge in [-0.1, -0.05) is 67.2 Å². The van der Waals surface area contributed by atoms with Crippen LogP contribution in [0.4, 0.5) is 0 Å². The maximum absolute atomic E-state index is 13.0. The first-order valence-corrected chi connectivity index (χ1v) is 10.3. The van der Waals surface area contributed by atoms with E-state index in [1.807, 2.05) is 67.6 Å². The average molecular weight is 407 g/mol. The van der Waals surface area contributed by atoms with Crippen LogP contribution in [0.1, 0.15) is 24.5 Å². The molecule has 0 radical (unpaired) electrons. The van der Waals surface area contributed by atoms with Crippen molar-refractivity contribution in [1.29, 1.82) is 0 Å². The lowest BCUT2D eigenvalue weighted by molar-refractivity contribution is -0.128. The van der Waals surface area contributed by atoms with Crippen LogP contribution >= 0.6 is 0 Å². The lowest BCUT2D eigenvalue weighted by Gasteiger charge is -2.25. The molecule has 30 heavy (non-hydrogen) atoms. The summed E-state index contributed by atoms with van der Waals surface area (Å²) >= 11 is 0. The first kappa shape index (κ1) is 21.6. The first-order chi connectivity index (χ1) is 14.4. The summed E-state index contributed by atoms with van der Waals surface area (Å²) in [6.07, 6.45) is 1.67. The van der Waals surface area contributed by atoms with Gasteiger partial charge in [-0.2, -0.15) is 0 Å². The molecule has 4 atom stereocenters. The van der Waals surface area contributed by atoms with Crippen molar-refractivity contribution in [2.24, 2.45) is 5.73 Å². The maximum atomic E-state index is 13.0. The molecule has 1 saturated heterocycles. The van der Waals surface area contributed by atoms with Gasteiger partial charge >= 0.3 is 0 Å². The SMILES string of the molecule is C=C(NC(Cc1ccccc1)C(=O)NC1CC(C)NC1=O)C(N)Cc1ccccc1. The van der Waals surface area contributed by atoms with E-state index in [1.54, 1.807) is 0 Å². The second-order valence-electron chi connectivity index (χ2n) is 7.91. The lowest BCUT2D eigenvalue weighted by Crippen LogP contribution is -2.52. The van der Waals surface area contributed by atoms with E-state index in [1.165, 1.54) is 0 Å². The molecule has 1 fully saturated rings. The fraction of sp³-hybridized carbons (Fsp3) is 0.333. The Morgan fingerprint density at radius 3 is 2.20 bits per heavy atom. The van der Waals surface area contributed by atoms with Gasteiger partial charge in [0, 0.05) is 24.2 Å². The van der Waals surface area contributed by atoms with Crippen LogP contribution in [-0.2, 0) is 22.4 Å². The third kappa shape index (κ3) is 5.94. The molecule has 0 saturated carbocycles. The lowest BCUT2D eigenvalue weighted by atomic mass is 10.0. The van der Waals surface area contributed by atoms with Crippen LogP contribution in [0.15, 0.2) is 72.9 Å². The average Bonchev–Trinajstić information content (AvgIpc) is 3.05. The highest BCUT2D eigenvalue weighted by molar-refractivity contribution is 5.91. The Morgan fingerprint density at radius 1 is 1.10 bits per heavy atom. The summed E-state index contributed by atoms with van der Waals surface area (Å²) in [5.74, 6) is -0.380. The molecule has 6 heteroatoms. The minimum Gasteiger partial charge on any atom is -0.376 e. The molecule has 5 N–H and O–H groups in total. The van der Waals surface area contributed by atoms with Gasteiger partial charge < -0.3 is 21.7 Å². The Hall–Kier alpha value is -3.12. The van der Waals surface area contributed by atoms with Gasteiger partial charge in [-0.05, 0) is 30.9 Å². The number of amides is 2. The first-order valence-electron chi connectivity index (χ1n) is 10.3. The van der Waals surface area contributed by atoms with Gasteiger partial charge in [0.2, 0.25) is 11.8 Å². The third-order valence-electron chi connectivity index (χ3n) is 5.32.